The van der Waals surface area contributed by atoms with Crippen molar-refractivity contribution in [2.75, 3.05) is 13.7 Å². The zero-order valence-electron chi connectivity index (χ0n) is 12.5. The summed E-state index contributed by atoms with van der Waals surface area (Å²) >= 11 is 0. The molecule has 2 aromatic rings. The van der Waals surface area contributed by atoms with Gasteiger partial charge in [0.05, 0.1) is 12.7 Å². The van der Waals surface area contributed by atoms with Crippen molar-refractivity contribution in [2.24, 2.45) is 0 Å². The normalized spacial score (nSPS) is 19.0. The molecule has 0 bridgehead atoms. The van der Waals surface area contributed by atoms with Crippen LogP contribution in [0.5, 0.6) is 0 Å². The van der Waals surface area contributed by atoms with Crippen LogP contribution in [-0.4, -0.2) is 24.7 Å². The molecule has 21 heavy (non-hydrogen) atoms. The second kappa shape index (κ2) is 6.83. The van der Waals surface area contributed by atoms with Gasteiger partial charge in [-0.15, -0.1) is 0 Å². The number of fused-ring (bicyclic) bond motifs is 1. The highest BCUT2D eigenvalue weighted by atomic mass is 16.5. The topological polar surface area (TPSA) is 34.2 Å². The number of nitrogens with one attached hydrogen (secondary N) is 1. The van der Waals surface area contributed by atoms with Crippen LogP contribution in [0, 0.1) is 0 Å². The first-order chi connectivity index (χ1) is 10.4. The van der Waals surface area contributed by atoms with Crippen LogP contribution in [0.1, 0.15) is 29.3 Å². The molecule has 1 aromatic heterocycles. The summed E-state index contributed by atoms with van der Waals surface area (Å²) in [5, 5.41) is 3.41. The predicted molar refractivity (Wildman–Crippen MR) is 84.2 cm³/mol. The van der Waals surface area contributed by atoms with Crippen LogP contribution in [0.3, 0.4) is 0 Å². The van der Waals surface area contributed by atoms with E-state index in [1.807, 2.05) is 25.4 Å². The van der Waals surface area contributed by atoms with Crippen LogP contribution < -0.4 is 5.32 Å². The van der Waals surface area contributed by atoms with Crippen molar-refractivity contribution in [2.45, 2.75) is 31.4 Å². The Bertz CT molecular complexity index is 570. The van der Waals surface area contributed by atoms with Crippen molar-refractivity contribution in [3.05, 3.63) is 65.5 Å². The van der Waals surface area contributed by atoms with Gasteiger partial charge in [-0.2, -0.15) is 0 Å². The maximum Gasteiger partial charge on any atom is 0.0842 e. The third-order valence-electron chi connectivity index (χ3n) is 4.18. The quantitative estimate of drug-likeness (QED) is 0.915. The fraction of sp³-hybridized carbons (Fsp3) is 0.389. The lowest BCUT2D eigenvalue weighted by atomic mass is 9.92. The lowest BCUT2D eigenvalue weighted by Crippen LogP contribution is -2.32. The molecule has 0 spiro atoms. The van der Waals surface area contributed by atoms with Crippen molar-refractivity contribution in [3.8, 4) is 0 Å². The minimum atomic E-state index is 0.191. The molecule has 0 saturated heterocycles. The van der Waals surface area contributed by atoms with E-state index in [9.17, 15) is 0 Å². The molecule has 1 aliphatic rings. The number of benzene rings is 1. The number of hydrogen-bond acceptors (Lipinski definition) is 3. The molecule has 3 heteroatoms. The molecule has 3 nitrogen and oxygen atoms in total. The van der Waals surface area contributed by atoms with Crippen LogP contribution in [0.4, 0.5) is 0 Å². The molecule has 1 aromatic carbocycles. The molecule has 0 saturated carbocycles. The number of aromatic nitrogens is 1. The van der Waals surface area contributed by atoms with Crippen LogP contribution >= 0.6 is 0 Å². The smallest absolute Gasteiger partial charge is 0.0842 e. The predicted octanol–water partition coefficient (Wildman–Crippen LogP) is 2.92. The molecular weight excluding hydrogens is 260 g/mol. The molecule has 0 radical (unpaired) electrons. The van der Waals surface area contributed by atoms with Crippen molar-refractivity contribution in [1.82, 2.24) is 10.3 Å². The molecule has 0 amide bonds. The largest absolute Gasteiger partial charge is 0.373 e. The molecule has 1 aliphatic heterocycles. The fourth-order valence-corrected chi connectivity index (χ4v) is 3.00. The summed E-state index contributed by atoms with van der Waals surface area (Å²) in [6, 6.07) is 15.1. The van der Waals surface area contributed by atoms with Crippen LogP contribution in [0.15, 0.2) is 48.7 Å². The van der Waals surface area contributed by atoms with Crippen molar-refractivity contribution in [1.29, 1.82) is 0 Å². The average Bonchev–Trinajstić information content (AvgIpc) is 2.55. The Morgan fingerprint density at radius 2 is 2.10 bits per heavy atom. The fourth-order valence-electron chi connectivity index (χ4n) is 3.00. The third kappa shape index (κ3) is 3.49. The Morgan fingerprint density at radius 3 is 2.90 bits per heavy atom. The number of pyridine rings is 1. The van der Waals surface area contributed by atoms with Gasteiger partial charge in [-0.05, 0) is 43.1 Å². The second-order valence-electron chi connectivity index (χ2n) is 5.55. The summed E-state index contributed by atoms with van der Waals surface area (Å²) in [7, 11) is 2.02. The van der Waals surface area contributed by atoms with E-state index in [1.54, 1.807) is 0 Å². The zero-order chi connectivity index (χ0) is 14.5. The SMILES string of the molecule is CNC(Cc1ccccn1)CC1OCCc2ccccc21. The van der Waals surface area contributed by atoms with Gasteiger partial charge in [-0.1, -0.05) is 30.3 Å². The molecule has 1 N–H and O–H groups in total. The molecule has 2 heterocycles. The van der Waals surface area contributed by atoms with Crippen LogP contribution in [-0.2, 0) is 17.6 Å². The third-order valence-corrected chi connectivity index (χ3v) is 4.18. The van der Waals surface area contributed by atoms with E-state index in [1.165, 1.54) is 11.1 Å². The Labute approximate surface area is 126 Å². The number of rotatable bonds is 5. The minimum Gasteiger partial charge on any atom is -0.373 e. The highest BCUT2D eigenvalue weighted by Gasteiger charge is 2.23. The summed E-state index contributed by atoms with van der Waals surface area (Å²) < 4.78 is 6.01. The highest BCUT2D eigenvalue weighted by molar-refractivity contribution is 5.31. The molecule has 0 fully saturated rings. The summed E-state index contributed by atoms with van der Waals surface area (Å²) in [4.78, 5) is 4.42. The molecular formula is C18H22N2O. The number of hydrogen-bond donors (Lipinski definition) is 1. The van der Waals surface area contributed by atoms with Gasteiger partial charge in [0.2, 0.25) is 0 Å². The molecule has 2 unspecified atom stereocenters. The molecule has 0 aliphatic carbocycles. The second-order valence-corrected chi connectivity index (χ2v) is 5.55. The summed E-state index contributed by atoms with van der Waals surface area (Å²) in [6.45, 7) is 0.821. The van der Waals surface area contributed by atoms with E-state index in [0.717, 1.165) is 31.6 Å². The van der Waals surface area contributed by atoms with Gasteiger partial charge in [-0.25, -0.2) is 0 Å². The van der Waals surface area contributed by atoms with E-state index in [0.29, 0.717) is 6.04 Å². The van der Waals surface area contributed by atoms with E-state index in [4.69, 9.17) is 4.74 Å². The summed E-state index contributed by atoms with van der Waals surface area (Å²) in [5.41, 5.74) is 3.91. The maximum absolute atomic E-state index is 6.01. The Balaban J connectivity index is 1.70. The lowest BCUT2D eigenvalue weighted by Gasteiger charge is -2.29. The monoisotopic (exact) mass is 282 g/mol. The van der Waals surface area contributed by atoms with Gasteiger partial charge < -0.3 is 10.1 Å². The number of ether oxygens (including phenoxy) is 1. The van der Waals surface area contributed by atoms with Crippen molar-refractivity contribution >= 4 is 0 Å². The number of nitrogens with zero attached hydrogens (tertiary/aromatic N) is 1. The standard InChI is InChI=1S/C18H22N2O/c1-19-16(12-15-7-4-5-10-20-15)13-18-17-8-3-2-6-14(17)9-11-21-18/h2-8,10,16,18-19H,9,11-13H2,1H3. The van der Waals surface area contributed by atoms with Crippen LogP contribution in [0.2, 0.25) is 0 Å². The van der Waals surface area contributed by atoms with E-state index in [2.05, 4.69) is 40.6 Å². The van der Waals surface area contributed by atoms with E-state index in [-0.39, 0.29) is 6.10 Å². The first-order valence-electron chi connectivity index (χ1n) is 7.63. The minimum absolute atomic E-state index is 0.191. The van der Waals surface area contributed by atoms with Crippen LogP contribution in [0.25, 0.3) is 0 Å². The van der Waals surface area contributed by atoms with Crippen molar-refractivity contribution < 1.29 is 4.74 Å². The lowest BCUT2D eigenvalue weighted by molar-refractivity contribution is 0.0299. The average molecular weight is 282 g/mol. The zero-order valence-corrected chi connectivity index (χ0v) is 12.5. The number of likely N-dealkylation sites (N-methyl/N-ethyl adjacent to an activating group) is 1. The van der Waals surface area contributed by atoms with E-state index >= 15 is 0 Å². The van der Waals surface area contributed by atoms with Gasteiger partial charge in [-0.3, -0.25) is 4.98 Å². The Hall–Kier alpha value is -1.71. The Morgan fingerprint density at radius 1 is 1.24 bits per heavy atom. The molecule has 110 valence electrons. The van der Waals surface area contributed by atoms with Gasteiger partial charge in [0.15, 0.2) is 0 Å². The molecule has 2 atom stereocenters. The van der Waals surface area contributed by atoms with Gasteiger partial charge in [0, 0.05) is 24.4 Å². The van der Waals surface area contributed by atoms with Gasteiger partial charge >= 0.3 is 0 Å². The van der Waals surface area contributed by atoms with E-state index < -0.39 is 0 Å². The first-order valence-corrected chi connectivity index (χ1v) is 7.63. The first kappa shape index (κ1) is 14.2. The highest BCUT2D eigenvalue weighted by Crippen LogP contribution is 2.30. The van der Waals surface area contributed by atoms with Gasteiger partial charge in [0.25, 0.3) is 0 Å². The summed E-state index contributed by atoms with van der Waals surface area (Å²) in [6.07, 6.45) is 4.98. The van der Waals surface area contributed by atoms with Crippen molar-refractivity contribution in [3.63, 3.8) is 0 Å². The molecule has 3 rings (SSSR count). The van der Waals surface area contributed by atoms with Gasteiger partial charge in [0.1, 0.15) is 0 Å². The maximum atomic E-state index is 6.01. The summed E-state index contributed by atoms with van der Waals surface area (Å²) in [5.74, 6) is 0. The Kier molecular flexibility index (Phi) is 4.63.